The van der Waals surface area contributed by atoms with Crippen molar-refractivity contribution in [3.63, 3.8) is 0 Å². The Morgan fingerprint density at radius 2 is 1.80 bits per heavy atom. The molecule has 192 valence electrons. The topological polar surface area (TPSA) is 49.0 Å². The standard InChI is InChI=1S/C27H36N4O2.C2H6.H2/c1-28-12-15-33-21-6-4-20(5-7-21)24-17-26(23-9-8-22(32-3)16-25(23)29-24)31-14-11-27(19-31)10-13-30(2)18-27;1-2;/h4-9,16-17,24,28-29H,10-15,18-19H2,1-3H3;1-2H3;1H. The minimum atomic E-state index is 0. The van der Waals surface area contributed by atoms with Crippen LogP contribution in [0.25, 0.3) is 5.70 Å². The fourth-order valence-corrected chi connectivity index (χ4v) is 5.58. The maximum Gasteiger partial charge on any atom is 0.120 e. The third-order valence-electron chi connectivity index (χ3n) is 7.41. The molecule has 2 atom stereocenters. The maximum absolute atomic E-state index is 5.81. The van der Waals surface area contributed by atoms with Crippen molar-refractivity contribution in [1.29, 1.82) is 0 Å². The highest BCUT2D eigenvalue weighted by atomic mass is 16.5. The molecule has 3 aliphatic rings. The molecule has 0 amide bonds. The van der Waals surface area contributed by atoms with E-state index in [0.29, 0.717) is 12.0 Å². The van der Waals surface area contributed by atoms with E-state index in [1.165, 1.54) is 42.8 Å². The van der Waals surface area contributed by atoms with E-state index in [1.54, 1.807) is 7.11 Å². The molecule has 2 fully saturated rings. The van der Waals surface area contributed by atoms with Gasteiger partial charge in [0, 0.05) is 56.0 Å². The molecule has 35 heavy (non-hydrogen) atoms. The highest BCUT2D eigenvalue weighted by Gasteiger charge is 2.43. The number of rotatable bonds is 7. The van der Waals surface area contributed by atoms with Gasteiger partial charge in [0.05, 0.1) is 13.2 Å². The van der Waals surface area contributed by atoms with Crippen LogP contribution in [-0.2, 0) is 0 Å². The fraction of sp³-hybridized carbons (Fsp3) is 0.517. The number of ether oxygens (including phenoxy) is 2. The highest BCUT2D eigenvalue weighted by Crippen LogP contribution is 2.45. The Kier molecular flexibility index (Phi) is 8.24. The fourth-order valence-electron chi connectivity index (χ4n) is 5.58. The summed E-state index contributed by atoms with van der Waals surface area (Å²) < 4.78 is 11.3. The first-order valence-electron chi connectivity index (χ1n) is 13.1. The van der Waals surface area contributed by atoms with Crippen LogP contribution >= 0.6 is 0 Å². The number of benzene rings is 2. The van der Waals surface area contributed by atoms with Gasteiger partial charge in [-0.25, -0.2) is 0 Å². The van der Waals surface area contributed by atoms with Gasteiger partial charge < -0.3 is 29.9 Å². The molecule has 2 unspecified atom stereocenters. The highest BCUT2D eigenvalue weighted by molar-refractivity contribution is 5.80. The zero-order valence-electron chi connectivity index (χ0n) is 22.1. The van der Waals surface area contributed by atoms with Crippen LogP contribution in [0.4, 0.5) is 5.69 Å². The monoisotopic (exact) mass is 480 g/mol. The predicted molar refractivity (Wildman–Crippen MR) is 147 cm³/mol. The van der Waals surface area contributed by atoms with Gasteiger partial charge in [-0.3, -0.25) is 0 Å². The number of hydrogen-bond acceptors (Lipinski definition) is 6. The van der Waals surface area contributed by atoms with Gasteiger partial charge in [0.1, 0.15) is 18.1 Å². The molecule has 0 aliphatic carbocycles. The van der Waals surface area contributed by atoms with Gasteiger partial charge >= 0.3 is 0 Å². The van der Waals surface area contributed by atoms with Gasteiger partial charge in [-0.2, -0.15) is 0 Å². The molecule has 3 heterocycles. The van der Waals surface area contributed by atoms with Gasteiger partial charge in [0.2, 0.25) is 0 Å². The number of methoxy groups -OCH3 is 1. The molecule has 2 N–H and O–H groups in total. The smallest absolute Gasteiger partial charge is 0.120 e. The zero-order chi connectivity index (χ0) is 24.8. The maximum atomic E-state index is 5.81. The van der Waals surface area contributed by atoms with Crippen molar-refractivity contribution in [1.82, 2.24) is 15.1 Å². The summed E-state index contributed by atoms with van der Waals surface area (Å²) in [4.78, 5) is 5.11. The van der Waals surface area contributed by atoms with Crippen molar-refractivity contribution < 1.29 is 10.9 Å². The Morgan fingerprint density at radius 1 is 1.06 bits per heavy atom. The van der Waals surface area contributed by atoms with Crippen LogP contribution in [0.2, 0.25) is 0 Å². The molecule has 6 heteroatoms. The third-order valence-corrected chi connectivity index (χ3v) is 7.41. The average molecular weight is 481 g/mol. The predicted octanol–water partition coefficient (Wildman–Crippen LogP) is 5.10. The first kappa shape index (κ1) is 25.4. The molecule has 3 aliphatic heterocycles. The second-order valence-electron chi connectivity index (χ2n) is 9.77. The molecule has 2 aromatic rings. The summed E-state index contributed by atoms with van der Waals surface area (Å²) in [6.07, 6.45) is 4.99. The molecular formula is C29H44N4O2. The van der Waals surface area contributed by atoms with E-state index in [4.69, 9.17) is 9.47 Å². The molecule has 5 rings (SSSR count). The lowest BCUT2D eigenvalue weighted by Gasteiger charge is -2.33. The first-order chi connectivity index (χ1) is 17.1. The Hall–Kier alpha value is -2.70. The number of likely N-dealkylation sites (tertiary alicyclic amines) is 2. The second kappa shape index (κ2) is 11.4. The third kappa shape index (κ3) is 5.60. The van der Waals surface area contributed by atoms with Gasteiger partial charge in [-0.05, 0) is 69.4 Å². The van der Waals surface area contributed by atoms with Gasteiger partial charge in [0.25, 0.3) is 0 Å². The Morgan fingerprint density at radius 3 is 2.49 bits per heavy atom. The summed E-state index contributed by atoms with van der Waals surface area (Å²) in [6, 6.07) is 15.0. The molecule has 2 aromatic carbocycles. The summed E-state index contributed by atoms with van der Waals surface area (Å²) in [6.45, 7) is 10.2. The van der Waals surface area contributed by atoms with E-state index in [9.17, 15) is 0 Å². The lowest BCUT2D eigenvalue weighted by Crippen LogP contribution is -2.30. The van der Waals surface area contributed by atoms with Crippen LogP contribution in [-0.4, -0.2) is 70.3 Å². The first-order valence-corrected chi connectivity index (χ1v) is 13.1. The molecule has 0 aromatic heterocycles. The van der Waals surface area contributed by atoms with Crippen molar-refractivity contribution in [2.75, 3.05) is 65.9 Å². The molecule has 0 saturated carbocycles. The van der Waals surface area contributed by atoms with Crippen molar-refractivity contribution in [2.24, 2.45) is 5.41 Å². The number of anilines is 1. The van der Waals surface area contributed by atoms with E-state index < -0.39 is 0 Å². The Balaban J connectivity index is 0.00000117. The molecule has 0 radical (unpaired) electrons. The van der Waals surface area contributed by atoms with E-state index in [-0.39, 0.29) is 7.47 Å². The molecule has 6 nitrogen and oxygen atoms in total. The van der Waals surface area contributed by atoms with Gasteiger partial charge in [-0.1, -0.05) is 26.0 Å². The zero-order valence-corrected chi connectivity index (χ0v) is 22.1. The number of fused-ring (bicyclic) bond motifs is 1. The largest absolute Gasteiger partial charge is 0.497 e. The Bertz CT molecular complexity index is 1010. The van der Waals surface area contributed by atoms with E-state index in [0.717, 1.165) is 36.8 Å². The lowest BCUT2D eigenvalue weighted by molar-refractivity contribution is 0.289. The van der Waals surface area contributed by atoms with Crippen LogP contribution in [0, 0.1) is 5.41 Å². The minimum absolute atomic E-state index is 0. The van der Waals surface area contributed by atoms with Crippen molar-refractivity contribution in [3.8, 4) is 11.5 Å². The summed E-state index contributed by atoms with van der Waals surface area (Å²) in [5.41, 5.74) is 5.42. The summed E-state index contributed by atoms with van der Waals surface area (Å²) in [7, 11) is 5.92. The molecule has 1 spiro atoms. The number of likely N-dealkylation sites (N-methyl/N-ethyl adjacent to an activating group) is 1. The van der Waals surface area contributed by atoms with Gasteiger partial charge in [0.15, 0.2) is 0 Å². The number of hydrogen-bond donors (Lipinski definition) is 2. The van der Waals surface area contributed by atoms with Crippen molar-refractivity contribution >= 4 is 11.4 Å². The molecule has 0 bridgehead atoms. The summed E-state index contributed by atoms with van der Waals surface area (Å²) >= 11 is 0. The van der Waals surface area contributed by atoms with Crippen molar-refractivity contribution in [3.05, 3.63) is 59.7 Å². The van der Waals surface area contributed by atoms with Crippen molar-refractivity contribution in [2.45, 2.75) is 32.7 Å². The molecule has 2 saturated heterocycles. The lowest BCUT2D eigenvalue weighted by atomic mass is 9.86. The Labute approximate surface area is 212 Å². The van der Waals surface area contributed by atoms with E-state index in [2.05, 4.69) is 76.0 Å². The second-order valence-corrected chi connectivity index (χ2v) is 9.77. The minimum Gasteiger partial charge on any atom is -0.497 e. The van der Waals surface area contributed by atoms with E-state index >= 15 is 0 Å². The summed E-state index contributed by atoms with van der Waals surface area (Å²) in [5, 5.41) is 6.85. The average Bonchev–Trinajstić information content (AvgIpc) is 3.49. The van der Waals surface area contributed by atoms with E-state index in [1.807, 2.05) is 20.9 Å². The normalized spacial score (nSPS) is 23.3. The number of nitrogens with one attached hydrogen (secondary N) is 2. The van der Waals surface area contributed by atoms with Crippen LogP contribution in [0.5, 0.6) is 11.5 Å². The molecular weight excluding hydrogens is 436 g/mol. The SMILES string of the molecule is CC.CNCCOc1ccc(C2C=C(N3CCC4(CCN(C)C4)C3)c3ccc(OC)cc3N2)cc1.[HH]. The summed E-state index contributed by atoms with van der Waals surface area (Å²) in [5.74, 6) is 1.78. The van der Waals surface area contributed by atoms with Gasteiger partial charge in [-0.15, -0.1) is 0 Å². The van der Waals surface area contributed by atoms with Crippen LogP contribution in [0.3, 0.4) is 0 Å². The quantitative estimate of drug-likeness (QED) is 0.538. The van der Waals surface area contributed by atoms with Crippen LogP contribution in [0.15, 0.2) is 48.5 Å². The number of nitrogens with zero attached hydrogens (tertiary/aromatic N) is 2. The van der Waals surface area contributed by atoms with Crippen LogP contribution < -0.4 is 20.1 Å². The van der Waals surface area contributed by atoms with Crippen LogP contribution in [0.1, 0.15) is 45.3 Å².